The van der Waals surface area contributed by atoms with Crippen molar-refractivity contribution in [1.82, 2.24) is 47.5 Å². The second-order valence-corrected chi connectivity index (χ2v) is 23.1. The third-order valence-corrected chi connectivity index (χ3v) is 15.2. The summed E-state index contributed by atoms with van der Waals surface area (Å²) < 4.78 is 0. The highest BCUT2D eigenvalue weighted by Gasteiger charge is 2.38. The molecule has 20 N–H and O–H groups in total. The van der Waals surface area contributed by atoms with E-state index in [-0.39, 0.29) is 82.6 Å². The molecule has 4 rings (SSSR count). The number of carbonyl (C=O) groups is 11. The summed E-state index contributed by atoms with van der Waals surface area (Å²) in [5.74, 6) is -12.8. The topological polar surface area (TPSA) is 467 Å². The smallest absolute Gasteiger partial charge is 0.245 e. The predicted molar refractivity (Wildman–Crippen MR) is 331 cm³/mol. The molecule has 0 unspecified atom stereocenters. The highest BCUT2D eigenvalue weighted by Crippen LogP contribution is 2.24. The summed E-state index contributed by atoms with van der Waals surface area (Å²) in [6.45, 7) is 4.63. The van der Waals surface area contributed by atoms with Crippen LogP contribution in [0.4, 0.5) is 0 Å². The molecule has 0 spiro atoms. The zero-order chi connectivity index (χ0) is 65.9. The molecule has 27 nitrogen and oxygen atoms in total. The quantitative estimate of drug-likeness (QED) is 0.0389. The number of aliphatic hydroxyl groups excluding tert-OH is 2. The number of aromatic nitrogens is 1. The number of carbonyl (C=O) groups excluding carboxylic acids is 11. The first kappa shape index (κ1) is 73.8. The van der Waals surface area contributed by atoms with Crippen LogP contribution < -0.4 is 71.2 Å². The van der Waals surface area contributed by atoms with Crippen LogP contribution in [0, 0.1) is 23.7 Å². The molecule has 89 heavy (non-hydrogen) atoms. The molecule has 12 atom stereocenters. The SMILES string of the molecule is CC(C)C[C@@H]1CC(=O)[C@@H](Cc2ccccc2)NC(=O)[C@H](CCN)NC(=O)[C@@H](NC(=O)[C@H](CN)CC(=O)[C@@H](NC(=O)[C@H](CCN)CC(=O)c2ccnc(-c3cccc(Cl)c3)c2)[C@@H](C)O)CCNC(=O)[C@H]([C@@H](C)O)NC(=O)[C@H](CCN)NC(=O)[C@H](CCN)NC1=O. The molecule has 488 valence electrons. The molecule has 2 aromatic carbocycles. The zero-order valence-corrected chi connectivity index (χ0v) is 51.6. The average molecular weight is 1260 g/mol. The van der Waals surface area contributed by atoms with E-state index in [1.165, 1.54) is 26.1 Å². The Morgan fingerprint density at radius 1 is 0.663 bits per heavy atom. The number of nitrogens with one attached hydrogen (secondary N) is 8. The van der Waals surface area contributed by atoms with Crippen LogP contribution in [0.3, 0.4) is 0 Å². The van der Waals surface area contributed by atoms with Crippen LogP contribution in [0.2, 0.25) is 5.02 Å². The van der Waals surface area contributed by atoms with Crippen molar-refractivity contribution >= 4 is 76.2 Å². The number of hydrogen-bond donors (Lipinski definition) is 15. The van der Waals surface area contributed by atoms with Gasteiger partial charge >= 0.3 is 0 Å². The van der Waals surface area contributed by atoms with Crippen LogP contribution in [0.1, 0.15) is 101 Å². The number of pyridine rings is 1. The van der Waals surface area contributed by atoms with E-state index >= 15 is 0 Å². The number of Topliss-reactive ketones (excluding diaryl/α,β-unsaturated/α-hetero) is 3. The number of amides is 8. The zero-order valence-electron chi connectivity index (χ0n) is 50.8. The Morgan fingerprint density at radius 2 is 1.26 bits per heavy atom. The van der Waals surface area contributed by atoms with E-state index in [2.05, 4.69) is 47.5 Å². The van der Waals surface area contributed by atoms with Gasteiger partial charge in [0.05, 0.1) is 29.9 Å². The Morgan fingerprint density at radius 3 is 1.82 bits per heavy atom. The van der Waals surface area contributed by atoms with Crippen molar-refractivity contribution in [3.05, 3.63) is 89.1 Å². The summed E-state index contributed by atoms with van der Waals surface area (Å²) in [4.78, 5) is 160. The Kier molecular flexibility index (Phi) is 31.0. The second kappa shape index (κ2) is 37.4. The van der Waals surface area contributed by atoms with E-state index in [0.29, 0.717) is 21.8 Å². The van der Waals surface area contributed by atoms with Crippen molar-refractivity contribution < 1.29 is 63.0 Å². The highest BCUT2D eigenvalue weighted by atomic mass is 35.5. The molecule has 28 heteroatoms. The third kappa shape index (κ3) is 23.7. The van der Waals surface area contributed by atoms with E-state index in [9.17, 15) is 63.0 Å². The van der Waals surface area contributed by atoms with E-state index in [1.807, 2.05) is 13.8 Å². The van der Waals surface area contributed by atoms with Gasteiger partial charge in [0, 0.05) is 66.5 Å². The van der Waals surface area contributed by atoms with Crippen molar-refractivity contribution in [2.24, 2.45) is 52.3 Å². The summed E-state index contributed by atoms with van der Waals surface area (Å²) in [7, 11) is 0. The number of rotatable bonds is 26. The Bertz CT molecular complexity index is 2900. The molecule has 1 saturated heterocycles. The van der Waals surface area contributed by atoms with Crippen molar-refractivity contribution in [1.29, 1.82) is 0 Å². The fourth-order valence-electron chi connectivity index (χ4n) is 10.1. The number of hydrogen-bond acceptors (Lipinski definition) is 19. The minimum Gasteiger partial charge on any atom is -0.391 e. The molecule has 1 aromatic heterocycles. The third-order valence-electron chi connectivity index (χ3n) is 15.0. The van der Waals surface area contributed by atoms with Crippen LogP contribution in [0.15, 0.2) is 72.9 Å². The number of benzene rings is 2. The summed E-state index contributed by atoms with van der Waals surface area (Å²) >= 11 is 6.18. The summed E-state index contributed by atoms with van der Waals surface area (Å²) in [5, 5.41) is 42.7. The molecule has 1 aliphatic rings. The minimum absolute atomic E-state index is 0.000928. The lowest BCUT2D eigenvalue weighted by molar-refractivity contribution is -0.136. The molecule has 0 saturated carbocycles. The lowest BCUT2D eigenvalue weighted by atomic mass is 9.88. The Balaban J connectivity index is 1.68. The monoisotopic (exact) mass is 1260 g/mol. The van der Waals surface area contributed by atoms with Gasteiger partial charge < -0.3 is 81.4 Å². The molecule has 0 radical (unpaired) electrons. The van der Waals surface area contributed by atoms with E-state index in [4.69, 9.17) is 40.3 Å². The number of nitrogens with two attached hydrogens (primary N) is 5. The summed E-state index contributed by atoms with van der Waals surface area (Å²) in [5.41, 5.74) is 31.6. The normalized spacial score (nSPS) is 22.1. The van der Waals surface area contributed by atoms with E-state index in [1.54, 1.807) is 60.7 Å². The van der Waals surface area contributed by atoms with Crippen LogP contribution in [-0.4, -0.2) is 174 Å². The molecule has 3 aromatic rings. The largest absolute Gasteiger partial charge is 0.391 e. The number of halogens is 1. The van der Waals surface area contributed by atoms with Gasteiger partial charge in [-0.1, -0.05) is 67.9 Å². The van der Waals surface area contributed by atoms with Crippen molar-refractivity contribution in [3.63, 3.8) is 0 Å². The van der Waals surface area contributed by atoms with E-state index < -0.39 is 169 Å². The van der Waals surface area contributed by atoms with Gasteiger partial charge in [-0.15, -0.1) is 0 Å². The first-order chi connectivity index (χ1) is 42.3. The molecular formula is C61H89ClN14O13. The molecule has 8 amide bonds. The Labute approximate surface area is 523 Å². The predicted octanol–water partition coefficient (Wildman–Crippen LogP) is -1.94. The van der Waals surface area contributed by atoms with Gasteiger partial charge in [0.15, 0.2) is 17.3 Å². The molecule has 0 bridgehead atoms. The molecule has 0 aliphatic carbocycles. The molecular weight excluding hydrogens is 1170 g/mol. The van der Waals surface area contributed by atoms with Crippen molar-refractivity contribution in [3.8, 4) is 11.3 Å². The molecule has 1 aliphatic heterocycles. The first-order valence-corrected chi connectivity index (χ1v) is 30.3. The lowest BCUT2D eigenvalue weighted by Gasteiger charge is -2.28. The standard InChI is InChI=1S/C61H89ClN14O13/c1-33(2)25-40-30-50(80)48(26-36-9-6-5-7-10-36)74-58(86)44(15-21-65)72-59(87)46(18-24-69-61(89)53(35(4)78)76-60(88)45(16-22-66)73-57(85)43(14-20-64)70-55(40)83)71-56(84)41(32-67)31-51(81)52(34(3)77)75-54(82)39(13-19-63)29-49(79)38-17-23-68-47(28-38)37-11-8-12-42(62)27-37/h5-12,17,23,27-28,33-35,39-41,43-46,48,52-53,77-78H,13-16,18-22,24-26,29-32,63-67H2,1-4H3,(H,69,89)(H,70,83)(H,71,84)(H,72,87)(H,73,85)(H,74,86)(H,75,82)(H,76,88)/t34-,35-,39-,40-,41+,43+,44+,45+,46+,48-,52+,53+/m1/s1. The van der Waals surface area contributed by atoms with Gasteiger partial charge in [-0.2, -0.15) is 0 Å². The fourth-order valence-corrected chi connectivity index (χ4v) is 10.3. The second-order valence-electron chi connectivity index (χ2n) is 22.7. The molecule has 1 fully saturated rings. The summed E-state index contributed by atoms with van der Waals surface area (Å²) in [6.07, 6.45) is -4.02. The number of aliphatic hydroxyl groups is 2. The van der Waals surface area contributed by atoms with Crippen LogP contribution >= 0.6 is 11.6 Å². The molecule has 2 heterocycles. The van der Waals surface area contributed by atoms with Gasteiger partial charge in [-0.25, -0.2) is 0 Å². The van der Waals surface area contributed by atoms with Gasteiger partial charge in [0.25, 0.3) is 0 Å². The first-order valence-electron chi connectivity index (χ1n) is 30.0. The van der Waals surface area contributed by atoms with E-state index in [0.717, 1.165) is 0 Å². The maximum atomic E-state index is 14.6. The maximum absolute atomic E-state index is 14.6. The van der Waals surface area contributed by atoms with Gasteiger partial charge in [0.2, 0.25) is 47.3 Å². The minimum atomic E-state index is -1.69. The van der Waals surface area contributed by atoms with Gasteiger partial charge in [0.1, 0.15) is 36.3 Å². The van der Waals surface area contributed by atoms with Crippen LogP contribution in [-0.2, 0) is 54.4 Å². The Hall–Kier alpha value is -7.63. The lowest BCUT2D eigenvalue weighted by Crippen LogP contribution is -2.60. The van der Waals surface area contributed by atoms with Gasteiger partial charge in [-0.05, 0) is 121 Å². The van der Waals surface area contributed by atoms with Crippen molar-refractivity contribution in [2.75, 3.05) is 39.3 Å². The number of nitrogens with zero attached hydrogens (tertiary/aromatic N) is 1. The average Bonchev–Trinajstić information content (AvgIpc) is 3.36. The van der Waals surface area contributed by atoms with Crippen molar-refractivity contribution in [2.45, 2.75) is 146 Å². The van der Waals surface area contributed by atoms with Crippen LogP contribution in [0.5, 0.6) is 0 Å². The van der Waals surface area contributed by atoms with Crippen LogP contribution in [0.25, 0.3) is 11.3 Å². The fraction of sp³-hybridized carbons (Fsp3) is 0.541. The number of ketones is 3. The summed E-state index contributed by atoms with van der Waals surface area (Å²) in [6, 6.07) is 8.03. The van der Waals surface area contributed by atoms with Gasteiger partial charge in [-0.3, -0.25) is 57.7 Å². The maximum Gasteiger partial charge on any atom is 0.245 e. The highest BCUT2D eigenvalue weighted by molar-refractivity contribution is 6.30.